The minimum atomic E-state index is -0.316. The van der Waals surface area contributed by atoms with Gasteiger partial charge >= 0.3 is 5.97 Å². The number of carbonyl (C=O) groups excluding carboxylic acids is 2. The first-order valence-electron chi connectivity index (χ1n) is 14.4. The van der Waals surface area contributed by atoms with Crippen molar-refractivity contribution in [2.75, 3.05) is 13.2 Å². The van der Waals surface area contributed by atoms with Gasteiger partial charge in [-0.2, -0.15) is 0 Å². The summed E-state index contributed by atoms with van der Waals surface area (Å²) in [4.78, 5) is 31.3. The van der Waals surface area contributed by atoms with Gasteiger partial charge in [0.15, 0.2) is 0 Å². The van der Waals surface area contributed by atoms with E-state index in [2.05, 4.69) is 36.2 Å². The van der Waals surface area contributed by atoms with E-state index in [4.69, 9.17) is 4.74 Å². The maximum Gasteiger partial charge on any atom is 0.309 e. The fourth-order valence-corrected chi connectivity index (χ4v) is 6.54. The lowest BCUT2D eigenvalue weighted by atomic mass is 9.92. The zero-order valence-corrected chi connectivity index (χ0v) is 22.9. The molecule has 0 bridgehead atoms. The fraction of sp³-hybridized carbons (Fsp3) is 0.353. The number of aromatic nitrogens is 1. The zero-order chi connectivity index (χ0) is 27.5. The van der Waals surface area contributed by atoms with Crippen LogP contribution in [0.1, 0.15) is 83.6 Å². The van der Waals surface area contributed by atoms with Crippen LogP contribution < -0.4 is 0 Å². The number of rotatable bonds is 6. The number of hydrogen-bond donors (Lipinski definition) is 1. The summed E-state index contributed by atoms with van der Waals surface area (Å²) in [7, 11) is 0. The van der Waals surface area contributed by atoms with Crippen LogP contribution in [-0.4, -0.2) is 34.9 Å². The van der Waals surface area contributed by atoms with Gasteiger partial charge in [0.1, 0.15) is 5.82 Å². The molecule has 40 heavy (non-hydrogen) atoms. The molecule has 6 heteroatoms. The lowest BCUT2D eigenvalue weighted by molar-refractivity contribution is -0.144. The number of nitrogens with zero attached hydrogens (tertiary/aromatic N) is 1. The van der Waals surface area contributed by atoms with Gasteiger partial charge in [-0.25, -0.2) is 4.39 Å². The number of ether oxygens (including phenoxy) is 1. The average molecular weight is 537 g/mol. The molecule has 2 heterocycles. The van der Waals surface area contributed by atoms with Gasteiger partial charge in [-0.15, -0.1) is 0 Å². The van der Waals surface area contributed by atoms with E-state index in [1.165, 1.54) is 16.7 Å². The molecule has 204 valence electrons. The molecule has 0 saturated heterocycles. The number of amides is 1. The van der Waals surface area contributed by atoms with Crippen LogP contribution in [0.3, 0.4) is 0 Å². The summed E-state index contributed by atoms with van der Waals surface area (Å²) >= 11 is 0. The Bertz CT molecular complexity index is 1650. The molecule has 3 aromatic carbocycles. The molecule has 1 aliphatic heterocycles. The van der Waals surface area contributed by atoms with Crippen molar-refractivity contribution in [3.63, 3.8) is 0 Å². The maximum atomic E-state index is 15.4. The molecule has 0 spiro atoms. The molecule has 1 N–H and O–H groups in total. The van der Waals surface area contributed by atoms with E-state index in [-0.39, 0.29) is 35.6 Å². The quantitative estimate of drug-likeness (QED) is 0.264. The molecule has 2 aliphatic carbocycles. The van der Waals surface area contributed by atoms with Crippen LogP contribution in [0.5, 0.6) is 0 Å². The van der Waals surface area contributed by atoms with Gasteiger partial charge in [-0.1, -0.05) is 30.3 Å². The van der Waals surface area contributed by atoms with E-state index in [1.54, 1.807) is 19.1 Å². The van der Waals surface area contributed by atoms with Crippen LogP contribution in [0.25, 0.3) is 22.2 Å². The van der Waals surface area contributed by atoms with Crippen LogP contribution in [0.15, 0.2) is 60.7 Å². The Morgan fingerprint density at radius 3 is 2.65 bits per heavy atom. The largest absolute Gasteiger partial charge is 0.466 e. The van der Waals surface area contributed by atoms with Crippen molar-refractivity contribution in [1.82, 2.24) is 9.88 Å². The molecule has 5 nitrogen and oxygen atoms in total. The standard InChI is InChI=1S/C34H33FN2O3/c1-3-40-34(39)29-17-27(29)22-10-11-25(30(35)15-22)32-18-28-26(21-8-9-21)14-23(16-31(28)36-32)33(38)37-13-12-20-6-4-5-7-24(20)19(37)2/h4-7,10-11,14-16,18-19,21,27,29,36H,3,8-9,12-13,17H2,1-2H3/t19-,27-,29+/m1/s1. The summed E-state index contributed by atoms with van der Waals surface area (Å²) in [6, 6.07) is 19.7. The summed E-state index contributed by atoms with van der Waals surface area (Å²) in [5.74, 6) is -0.202. The highest BCUT2D eigenvalue weighted by molar-refractivity contribution is 6.00. The van der Waals surface area contributed by atoms with Gasteiger partial charge in [0.2, 0.25) is 0 Å². The second-order valence-corrected chi connectivity index (χ2v) is 11.5. The van der Waals surface area contributed by atoms with Crippen LogP contribution in [0.4, 0.5) is 4.39 Å². The predicted octanol–water partition coefficient (Wildman–Crippen LogP) is 7.28. The number of esters is 1. The third-order valence-corrected chi connectivity index (χ3v) is 8.98. The smallest absolute Gasteiger partial charge is 0.309 e. The first-order valence-corrected chi connectivity index (χ1v) is 14.4. The summed E-state index contributed by atoms with van der Waals surface area (Å²) in [5, 5.41) is 1.05. The SMILES string of the molecule is CCOC(=O)[C@H]1C[C@@H]1c1ccc(-c2cc3c(C4CC4)cc(C(=O)N4CCc5ccccc5[C@H]4C)cc3[nH]2)c(F)c1. The molecule has 7 rings (SSSR count). The summed E-state index contributed by atoms with van der Waals surface area (Å²) in [6.07, 6.45) is 3.76. The minimum absolute atomic E-state index is 0.0132. The number of halogens is 1. The predicted molar refractivity (Wildman–Crippen MR) is 153 cm³/mol. The lowest BCUT2D eigenvalue weighted by Gasteiger charge is -2.35. The summed E-state index contributed by atoms with van der Waals surface area (Å²) in [6.45, 7) is 4.95. The lowest BCUT2D eigenvalue weighted by Crippen LogP contribution is -2.38. The Morgan fingerprint density at radius 2 is 1.88 bits per heavy atom. The normalized spacial score (nSPS) is 21.8. The molecule has 2 saturated carbocycles. The summed E-state index contributed by atoms with van der Waals surface area (Å²) in [5.41, 5.74) is 7.26. The van der Waals surface area contributed by atoms with Gasteiger partial charge < -0.3 is 14.6 Å². The van der Waals surface area contributed by atoms with Crippen molar-refractivity contribution in [3.05, 3.63) is 94.3 Å². The minimum Gasteiger partial charge on any atom is -0.466 e. The monoisotopic (exact) mass is 536 g/mol. The Kier molecular flexibility index (Phi) is 6.02. The van der Waals surface area contributed by atoms with Crippen molar-refractivity contribution in [3.8, 4) is 11.3 Å². The van der Waals surface area contributed by atoms with Gasteiger partial charge in [-0.05, 0) is 104 Å². The maximum absolute atomic E-state index is 15.4. The van der Waals surface area contributed by atoms with E-state index in [9.17, 15) is 9.59 Å². The van der Waals surface area contributed by atoms with Crippen LogP contribution in [0, 0.1) is 11.7 Å². The van der Waals surface area contributed by atoms with Crippen LogP contribution in [0.2, 0.25) is 0 Å². The van der Waals surface area contributed by atoms with Gasteiger partial charge in [-0.3, -0.25) is 9.59 Å². The Hall–Kier alpha value is -3.93. The molecule has 2 fully saturated rings. The second kappa shape index (κ2) is 9.61. The zero-order valence-electron chi connectivity index (χ0n) is 22.9. The van der Waals surface area contributed by atoms with E-state index in [0.717, 1.165) is 35.7 Å². The Morgan fingerprint density at radius 1 is 1.05 bits per heavy atom. The highest BCUT2D eigenvalue weighted by Crippen LogP contribution is 2.49. The van der Waals surface area contributed by atoms with E-state index >= 15 is 4.39 Å². The van der Waals surface area contributed by atoms with E-state index in [0.29, 0.717) is 42.3 Å². The van der Waals surface area contributed by atoms with E-state index < -0.39 is 0 Å². The number of carbonyl (C=O) groups is 2. The first kappa shape index (κ1) is 25.1. The van der Waals surface area contributed by atoms with Crippen molar-refractivity contribution >= 4 is 22.8 Å². The number of fused-ring (bicyclic) bond motifs is 2. The number of hydrogen-bond acceptors (Lipinski definition) is 3. The number of nitrogens with one attached hydrogen (secondary N) is 1. The highest BCUT2D eigenvalue weighted by Gasteiger charge is 2.45. The average Bonchev–Trinajstić information content (AvgIpc) is 3.89. The first-order chi connectivity index (χ1) is 19.4. The third-order valence-electron chi connectivity index (χ3n) is 8.98. The Balaban J connectivity index is 1.20. The van der Waals surface area contributed by atoms with Gasteiger partial charge in [0.25, 0.3) is 5.91 Å². The van der Waals surface area contributed by atoms with Crippen LogP contribution >= 0.6 is 0 Å². The van der Waals surface area contributed by atoms with Crippen molar-refractivity contribution in [2.24, 2.45) is 5.92 Å². The number of H-pyrrole nitrogens is 1. The molecule has 0 unspecified atom stereocenters. The molecular weight excluding hydrogens is 503 g/mol. The topological polar surface area (TPSA) is 62.4 Å². The number of aromatic amines is 1. The van der Waals surface area contributed by atoms with Crippen LogP contribution in [-0.2, 0) is 16.0 Å². The van der Waals surface area contributed by atoms with Crippen molar-refractivity contribution in [2.45, 2.75) is 57.4 Å². The Labute approximate surface area is 233 Å². The van der Waals surface area contributed by atoms with Gasteiger partial charge in [0, 0.05) is 34.3 Å². The number of benzene rings is 3. The van der Waals surface area contributed by atoms with Crippen molar-refractivity contribution < 1.29 is 18.7 Å². The van der Waals surface area contributed by atoms with Gasteiger partial charge in [0.05, 0.1) is 18.6 Å². The molecular formula is C34H33FN2O3. The third kappa shape index (κ3) is 4.30. The molecule has 1 aromatic heterocycles. The molecule has 3 aliphatic rings. The molecule has 1 amide bonds. The summed E-state index contributed by atoms with van der Waals surface area (Å²) < 4.78 is 20.5. The van der Waals surface area contributed by atoms with Crippen molar-refractivity contribution in [1.29, 1.82) is 0 Å². The van der Waals surface area contributed by atoms with E-state index in [1.807, 2.05) is 29.2 Å². The molecule has 4 aromatic rings. The highest BCUT2D eigenvalue weighted by atomic mass is 19.1. The molecule has 3 atom stereocenters. The fourth-order valence-electron chi connectivity index (χ4n) is 6.54. The molecule has 0 radical (unpaired) electrons. The second-order valence-electron chi connectivity index (χ2n) is 11.5.